The van der Waals surface area contributed by atoms with Crippen molar-refractivity contribution >= 4 is 11.6 Å². The number of amides is 1. The highest BCUT2D eigenvalue weighted by atomic mass is 16.5. The van der Waals surface area contributed by atoms with Crippen LogP contribution in [0.15, 0.2) is 18.2 Å². The molecule has 5 heteroatoms. The van der Waals surface area contributed by atoms with Gasteiger partial charge in [0.25, 0.3) is 0 Å². The van der Waals surface area contributed by atoms with Crippen molar-refractivity contribution in [2.24, 2.45) is 5.92 Å². The summed E-state index contributed by atoms with van der Waals surface area (Å²) in [5.41, 5.74) is 0.979. The van der Waals surface area contributed by atoms with Crippen molar-refractivity contribution in [3.05, 3.63) is 23.8 Å². The van der Waals surface area contributed by atoms with Crippen molar-refractivity contribution in [1.82, 2.24) is 0 Å². The van der Waals surface area contributed by atoms with Gasteiger partial charge in [-0.3, -0.25) is 4.79 Å². The fourth-order valence-electron chi connectivity index (χ4n) is 1.34. The predicted molar refractivity (Wildman–Crippen MR) is 72.0 cm³/mol. The Labute approximate surface area is 113 Å². The molecule has 1 amide bonds. The summed E-state index contributed by atoms with van der Waals surface area (Å²) in [5, 5.41) is 11.6. The lowest BCUT2D eigenvalue weighted by atomic mass is 10.1. The van der Waals surface area contributed by atoms with Gasteiger partial charge in [0.1, 0.15) is 12.4 Å². The fourth-order valence-corrected chi connectivity index (χ4v) is 1.34. The Kier molecular flexibility index (Phi) is 5.83. The first-order valence-electron chi connectivity index (χ1n) is 6.05. The monoisotopic (exact) mass is 262 g/mol. The Morgan fingerprint density at radius 3 is 2.74 bits per heavy atom. The molecule has 1 aromatic rings. The van der Waals surface area contributed by atoms with E-state index < -0.39 is 0 Å². The van der Waals surface area contributed by atoms with Gasteiger partial charge in [0.05, 0.1) is 23.9 Å². The molecule has 19 heavy (non-hydrogen) atoms. The maximum atomic E-state index is 11.7. The number of rotatable bonds is 6. The van der Waals surface area contributed by atoms with Crippen LogP contribution in [0.1, 0.15) is 19.4 Å². The first kappa shape index (κ1) is 15.0. The van der Waals surface area contributed by atoms with Crippen LogP contribution in [-0.2, 0) is 9.53 Å². The molecule has 0 aliphatic carbocycles. The number of ether oxygens (including phenoxy) is 2. The topological polar surface area (TPSA) is 71.3 Å². The molecular weight excluding hydrogens is 244 g/mol. The summed E-state index contributed by atoms with van der Waals surface area (Å²) in [7, 11) is 1.59. The van der Waals surface area contributed by atoms with Crippen LogP contribution in [-0.4, -0.2) is 26.2 Å². The third-order valence-electron chi connectivity index (χ3n) is 2.44. The molecule has 0 fully saturated rings. The number of nitriles is 1. The summed E-state index contributed by atoms with van der Waals surface area (Å²) in [5.74, 6) is 0.272. The summed E-state index contributed by atoms with van der Waals surface area (Å²) in [6, 6.07) is 6.95. The van der Waals surface area contributed by atoms with E-state index in [0.29, 0.717) is 30.2 Å². The van der Waals surface area contributed by atoms with Crippen LogP contribution in [0.5, 0.6) is 5.75 Å². The Balaban J connectivity index is 2.89. The molecule has 0 atom stereocenters. The minimum atomic E-state index is -0.141. The number of benzene rings is 1. The highest BCUT2D eigenvalue weighted by Gasteiger charge is 2.12. The van der Waals surface area contributed by atoms with E-state index in [9.17, 15) is 4.79 Å². The predicted octanol–water partition coefficient (Wildman–Crippen LogP) is 2.18. The number of hydrogen-bond donors (Lipinski definition) is 1. The number of carbonyl (C=O) groups is 1. The number of methoxy groups -OCH3 is 1. The summed E-state index contributed by atoms with van der Waals surface area (Å²) < 4.78 is 10.4. The molecule has 0 saturated heterocycles. The van der Waals surface area contributed by atoms with Gasteiger partial charge in [0.2, 0.25) is 5.91 Å². The van der Waals surface area contributed by atoms with Crippen LogP contribution in [0.3, 0.4) is 0 Å². The Morgan fingerprint density at radius 2 is 2.16 bits per heavy atom. The Bertz CT molecular complexity index is 478. The normalized spacial score (nSPS) is 10.1. The number of anilines is 1. The Hall–Kier alpha value is -2.06. The average molecular weight is 262 g/mol. The van der Waals surface area contributed by atoms with Crippen molar-refractivity contribution in [3.8, 4) is 11.8 Å². The third kappa shape index (κ3) is 4.60. The molecule has 0 spiro atoms. The maximum absolute atomic E-state index is 11.7. The van der Waals surface area contributed by atoms with Crippen LogP contribution in [0.4, 0.5) is 5.69 Å². The number of nitrogens with zero attached hydrogens (tertiary/aromatic N) is 1. The summed E-state index contributed by atoms with van der Waals surface area (Å²) in [6.45, 7) is 4.44. The fraction of sp³-hybridized carbons (Fsp3) is 0.429. The SMILES string of the molecule is COCCOc1ccc(C#N)cc1NC(=O)C(C)C. The van der Waals surface area contributed by atoms with E-state index in [2.05, 4.69) is 5.32 Å². The van der Waals surface area contributed by atoms with E-state index in [0.717, 1.165) is 0 Å². The van der Waals surface area contributed by atoms with Gasteiger partial charge in [-0.1, -0.05) is 13.8 Å². The second-order valence-electron chi connectivity index (χ2n) is 4.31. The molecule has 0 aliphatic heterocycles. The molecule has 0 aromatic heterocycles. The van der Waals surface area contributed by atoms with Crippen LogP contribution in [0.25, 0.3) is 0 Å². The smallest absolute Gasteiger partial charge is 0.227 e. The van der Waals surface area contributed by atoms with Crippen molar-refractivity contribution in [2.75, 3.05) is 25.6 Å². The summed E-state index contributed by atoms with van der Waals surface area (Å²) in [4.78, 5) is 11.7. The Morgan fingerprint density at radius 1 is 1.42 bits per heavy atom. The van der Waals surface area contributed by atoms with E-state index in [1.165, 1.54) is 0 Å². The lowest BCUT2D eigenvalue weighted by Crippen LogP contribution is -2.18. The second-order valence-corrected chi connectivity index (χ2v) is 4.31. The molecule has 5 nitrogen and oxygen atoms in total. The van der Waals surface area contributed by atoms with E-state index in [1.807, 2.05) is 6.07 Å². The largest absolute Gasteiger partial charge is 0.489 e. The number of carbonyl (C=O) groups excluding carboxylic acids is 1. The molecule has 1 aromatic carbocycles. The van der Waals surface area contributed by atoms with Gasteiger partial charge in [-0.15, -0.1) is 0 Å². The molecule has 0 saturated carbocycles. The molecule has 0 unspecified atom stereocenters. The zero-order chi connectivity index (χ0) is 14.3. The van der Waals surface area contributed by atoms with E-state index in [1.54, 1.807) is 39.2 Å². The third-order valence-corrected chi connectivity index (χ3v) is 2.44. The summed E-state index contributed by atoms with van der Waals surface area (Å²) in [6.07, 6.45) is 0. The van der Waals surface area contributed by atoms with Crippen molar-refractivity contribution in [1.29, 1.82) is 5.26 Å². The van der Waals surface area contributed by atoms with Gasteiger partial charge in [-0.25, -0.2) is 0 Å². The van der Waals surface area contributed by atoms with Gasteiger partial charge in [0, 0.05) is 13.0 Å². The lowest BCUT2D eigenvalue weighted by Gasteiger charge is -2.13. The van der Waals surface area contributed by atoms with Crippen molar-refractivity contribution in [3.63, 3.8) is 0 Å². The number of hydrogen-bond acceptors (Lipinski definition) is 4. The maximum Gasteiger partial charge on any atom is 0.227 e. The molecule has 1 N–H and O–H groups in total. The second kappa shape index (κ2) is 7.39. The molecule has 0 heterocycles. The minimum absolute atomic E-state index is 0.119. The quantitative estimate of drug-likeness (QED) is 0.798. The van der Waals surface area contributed by atoms with E-state index >= 15 is 0 Å². The van der Waals surface area contributed by atoms with Crippen LogP contribution in [0, 0.1) is 17.2 Å². The van der Waals surface area contributed by atoms with E-state index in [-0.39, 0.29) is 11.8 Å². The van der Waals surface area contributed by atoms with Gasteiger partial charge in [-0.2, -0.15) is 5.26 Å². The van der Waals surface area contributed by atoms with Gasteiger partial charge >= 0.3 is 0 Å². The van der Waals surface area contributed by atoms with Gasteiger partial charge < -0.3 is 14.8 Å². The van der Waals surface area contributed by atoms with Crippen LogP contribution >= 0.6 is 0 Å². The number of nitrogens with one attached hydrogen (secondary N) is 1. The van der Waals surface area contributed by atoms with Crippen LogP contribution < -0.4 is 10.1 Å². The van der Waals surface area contributed by atoms with Crippen molar-refractivity contribution in [2.45, 2.75) is 13.8 Å². The van der Waals surface area contributed by atoms with Gasteiger partial charge in [-0.05, 0) is 18.2 Å². The zero-order valence-corrected chi connectivity index (χ0v) is 11.4. The minimum Gasteiger partial charge on any atom is -0.489 e. The van der Waals surface area contributed by atoms with Crippen LogP contribution in [0.2, 0.25) is 0 Å². The van der Waals surface area contributed by atoms with Gasteiger partial charge in [0.15, 0.2) is 0 Å². The summed E-state index contributed by atoms with van der Waals surface area (Å²) >= 11 is 0. The molecule has 0 bridgehead atoms. The van der Waals surface area contributed by atoms with E-state index in [4.69, 9.17) is 14.7 Å². The highest BCUT2D eigenvalue weighted by Crippen LogP contribution is 2.26. The first-order chi connectivity index (χ1) is 9.08. The zero-order valence-electron chi connectivity index (χ0n) is 11.4. The molecule has 0 aliphatic rings. The first-order valence-corrected chi connectivity index (χ1v) is 6.05. The average Bonchev–Trinajstić information content (AvgIpc) is 2.40. The molecule has 1 rings (SSSR count). The lowest BCUT2D eigenvalue weighted by molar-refractivity contribution is -0.118. The molecule has 102 valence electrons. The molecule has 0 radical (unpaired) electrons. The highest BCUT2D eigenvalue weighted by molar-refractivity contribution is 5.93. The standard InChI is InChI=1S/C14H18N2O3/c1-10(2)14(17)16-12-8-11(9-15)4-5-13(12)19-7-6-18-3/h4-5,8,10H,6-7H2,1-3H3,(H,16,17). The van der Waals surface area contributed by atoms with Crippen molar-refractivity contribution < 1.29 is 14.3 Å². The molecular formula is C14H18N2O3.